The van der Waals surface area contributed by atoms with Gasteiger partial charge in [-0.15, -0.1) is 0 Å². The zero-order valence-electron chi connectivity index (χ0n) is 15.8. The number of nitrogens with one attached hydrogen (secondary N) is 1. The maximum atomic E-state index is 10.8. The Morgan fingerprint density at radius 3 is 2.89 bits per heavy atom. The van der Waals surface area contributed by atoms with Gasteiger partial charge in [-0.25, -0.2) is 15.0 Å². The van der Waals surface area contributed by atoms with Crippen LogP contribution in [-0.2, 0) is 9.53 Å². The minimum atomic E-state index is -1.14. The molecule has 0 saturated carbocycles. The Labute approximate surface area is 161 Å². The van der Waals surface area contributed by atoms with E-state index < -0.39 is 24.5 Å². The molecule has 2 aromatic rings. The molecular weight excluding hydrogens is 366 g/mol. The van der Waals surface area contributed by atoms with Crippen LogP contribution < -0.4 is 11.1 Å². The normalized spacial score (nSPS) is 25.2. The highest BCUT2D eigenvalue weighted by Gasteiger charge is 2.44. The van der Waals surface area contributed by atoms with Crippen LogP contribution in [0.1, 0.15) is 13.2 Å². The first kappa shape index (κ1) is 20.1. The van der Waals surface area contributed by atoms with Crippen molar-refractivity contribution in [3.8, 4) is 0 Å². The van der Waals surface area contributed by atoms with Gasteiger partial charge in [0.05, 0.1) is 6.33 Å². The number of amides is 1. The Balaban J connectivity index is 1.62. The Morgan fingerprint density at radius 2 is 2.14 bits per heavy atom. The standard InChI is InChI=1S/C17H25N7O4/c1-10(25)19-5-3-4-6-23(2)7-11-13(26)14(27)17(28-11)24-9-22-12-15(18)20-8-21-16(12)24/h3-4,8-9,11,13-14,17,26-27H,5-7H2,1-2H3,(H,19,25)(H2,18,20,21)/b4-3-/t11-,13-,14-,17-/m1/s1. The van der Waals surface area contributed by atoms with Crippen LogP contribution in [0.25, 0.3) is 11.2 Å². The van der Waals surface area contributed by atoms with Crippen molar-refractivity contribution in [2.75, 3.05) is 32.4 Å². The smallest absolute Gasteiger partial charge is 0.217 e. The van der Waals surface area contributed by atoms with Crippen LogP contribution in [0.4, 0.5) is 5.82 Å². The number of rotatable bonds is 7. The van der Waals surface area contributed by atoms with Crippen LogP contribution in [-0.4, -0.2) is 85.5 Å². The van der Waals surface area contributed by atoms with Gasteiger partial charge in [0.2, 0.25) is 5.91 Å². The molecule has 3 heterocycles. The Bertz CT molecular complexity index is 855. The number of anilines is 1. The van der Waals surface area contributed by atoms with Crippen LogP contribution >= 0.6 is 0 Å². The molecule has 0 bridgehead atoms. The molecule has 3 rings (SSSR count). The quantitative estimate of drug-likeness (QED) is 0.420. The van der Waals surface area contributed by atoms with E-state index in [0.717, 1.165) is 0 Å². The van der Waals surface area contributed by atoms with Gasteiger partial charge >= 0.3 is 0 Å². The Hall–Kier alpha value is -2.60. The van der Waals surface area contributed by atoms with Gasteiger partial charge in [0.25, 0.3) is 0 Å². The Morgan fingerprint density at radius 1 is 1.36 bits per heavy atom. The van der Waals surface area contributed by atoms with Crippen molar-refractivity contribution in [3.05, 3.63) is 24.8 Å². The van der Waals surface area contributed by atoms with Crippen LogP contribution in [0.5, 0.6) is 0 Å². The highest BCUT2D eigenvalue weighted by molar-refractivity contribution is 5.81. The molecule has 0 aliphatic carbocycles. The van der Waals surface area contributed by atoms with Gasteiger partial charge in [0.1, 0.15) is 30.2 Å². The van der Waals surface area contributed by atoms with E-state index in [1.54, 1.807) is 4.57 Å². The zero-order valence-corrected chi connectivity index (χ0v) is 15.8. The SMILES string of the molecule is CC(=O)NC/C=C\CN(C)C[C@H]1O[C@@H](n2cnc3c(N)ncnc32)[C@H](O)[C@@H]1O. The monoisotopic (exact) mass is 391 g/mol. The van der Waals surface area contributed by atoms with Crippen LogP contribution in [0.2, 0.25) is 0 Å². The molecule has 11 heteroatoms. The molecule has 1 fully saturated rings. The van der Waals surface area contributed by atoms with Gasteiger partial charge < -0.3 is 30.9 Å². The maximum Gasteiger partial charge on any atom is 0.217 e. The van der Waals surface area contributed by atoms with E-state index in [-0.39, 0.29) is 11.7 Å². The molecule has 0 spiro atoms. The van der Waals surface area contributed by atoms with E-state index in [4.69, 9.17) is 10.5 Å². The van der Waals surface area contributed by atoms with Crippen molar-refractivity contribution < 1.29 is 19.7 Å². The van der Waals surface area contributed by atoms with Crippen molar-refractivity contribution >= 4 is 22.9 Å². The number of nitrogens with two attached hydrogens (primary N) is 1. The number of hydrogen-bond acceptors (Lipinski definition) is 9. The number of nitrogen functional groups attached to an aromatic ring is 1. The fourth-order valence-corrected chi connectivity index (χ4v) is 3.09. The van der Waals surface area contributed by atoms with Crippen molar-refractivity contribution in [2.45, 2.75) is 31.5 Å². The lowest BCUT2D eigenvalue weighted by Gasteiger charge is -2.21. The molecule has 0 aromatic carbocycles. The fourth-order valence-electron chi connectivity index (χ4n) is 3.09. The number of carbonyl (C=O) groups excluding carboxylic acids is 1. The summed E-state index contributed by atoms with van der Waals surface area (Å²) in [5.41, 5.74) is 6.64. The molecule has 1 saturated heterocycles. The topological polar surface area (TPSA) is 152 Å². The summed E-state index contributed by atoms with van der Waals surface area (Å²) in [4.78, 5) is 25.0. The number of aromatic nitrogens is 4. The molecule has 0 radical (unpaired) electrons. The summed E-state index contributed by atoms with van der Waals surface area (Å²) < 4.78 is 7.46. The van der Waals surface area contributed by atoms with Crippen LogP contribution in [0, 0.1) is 0 Å². The summed E-state index contributed by atoms with van der Waals surface area (Å²) in [6.45, 7) is 2.93. The summed E-state index contributed by atoms with van der Waals surface area (Å²) in [6, 6.07) is 0. The van der Waals surface area contributed by atoms with E-state index in [9.17, 15) is 15.0 Å². The minimum Gasteiger partial charge on any atom is -0.387 e. The van der Waals surface area contributed by atoms with Gasteiger partial charge in [0.15, 0.2) is 17.7 Å². The third-order valence-electron chi connectivity index (χ3n) is 4.54. The van der Waals surface area contributed by atoms with Gasteiger partial charge in [-0.1, -0.05) is 12.2 Å². The molecule has 4 atom stereocenters. The van der Waals surface area contributed by atoms with Crippen LogP contribution in [0.15, 0.2) is 24.8 Å². The van der Waals surface area contributed by atoms with Crippen molar-refractivity contribution in [3.63, 3.8) is 0 Å². The zero-order chi connectivity index (χ0) is 20.3. The molecule has 152 valence electrons. The first-order valence-electron chi connectivity index (χ1n) is 8.91. The fraction of sp³-hybridized carbons (Fsp3) is 0.529. The number of ether oxygens (including phenoxy) is 1. The molecule has 1 aliphatic rings. The van der Waals surface area contributed by atoms with Crippen molar-refractivity contribution in [2.24, 2.45) is 0 Å². The first-order chi connectivity index (χ1) is 13.4. The highest BCUT2D eigenvalue weighted by Crippen LogP contribution is 2.32. The summed E-state index contributed by atoms with van der Waals surface area (Å²) in [5.74, 6) is 0.152. The highest BCUT2D eigenvalue weighted by atomic mass is 16.6. The number of hydrogen-bond donors (Lipinski definition) is 4. The second-order valence-corrected chi connectivity index (χ2v) is 6.76. The van der Waals surface area contributed by atoms with Gasteiger partial charge in [-0.2, -0.15) is 0 Å². The average Bonchev–Trinajstić information content (AvgIpc) is 3.19. The summed E-state index contributed by atoms with van der Waals surface area (Å²) in [6.07, 6.45) is 2.92. The molecular formula is C17H25N7O4. The number of aliphatic hydroxyl groups is 2. The van der Waals surface area contributed by atoms with Gasteiger partial charge in [-0.05, 0) is 7.05 Å². The second kappa shape index (κ2) is 8.61. The lowest BCUT2D eigenvalue weighted by Crippen LogP contribution is -2.38. The molecule has 5 N–H and O–H groups in total. The second-order valence-electron chi connectivity index (χ2n) is 6.76. The summed E-state index contributed by atoms with van der Waals surface area (Å²) in [7, 11) is 1.87. The van der Waals surface area contributed by atoms with Crippen molar-refractivity contribution in [1.29, 1.82) is 0 Å². The molecule has 1 aliphatic heterocycles. The number of imidazole rings is 1. The van der Waals surface area contributed by atoms with Gasteiger partial charge in [-0.3, -0.25) is 9.36 Å². The number of likely N-dealkylation sites (N-methyl/N-ethyl adjacent to an activating group) is 1. The van der Waals surface area contributed by atoms with Gasteiger partial charge in [0, 0.05) is 26.6 Å². The predicted octanol–water partition coefficient (Wildman–Crippen LogP) is -1.35. The van der Waals surface area contributed by atoms with E-state index >= 15 is 0 Å². The lowest BCUT2D eigenvalue weighted by molar-refractivity contribution is -0.118. The largest absolute Gasteiger partial charge is 0.387 e. The molecule has 1 amide bonds. The first-order valence-corrected chi connectivity index (χ1v) is 8.91. The third-order valence-corrected chi connectivity index (χ3v) is 4.54. The summed E-state index contributed by atoms with van der Waals surface area (Å²) in [5, 5.41) is 23.6. The van der Waals surface area contributed by atoms with Crippen molar-refractivity contribution in [1.82, 2.24) is 29.7 Å². The summed E-state index contributed by atoms with van der Waals surface area (Å²) >= 11 is 0. The third kappa shape index (κ3) is 4.28. The lowest BCUT2D eigenvalue weighted by atomic mass is 10.1. The van der Waals surface area contributed by atoms with Crippen LogP contribution in [0.3, 0.4) is 0 Å². The van der Waals surface area contributed by atoms with E-state index in [0.29, 0.717) is 30.8 Å². The predicted molar refractivity (Wildman–Crippen MR) is 101 cm³/mol. The number of carbonyl (C=O) groups is 1. The van der Waals surface area contributed by atoms with E-state index in [1.165, 1.54) is 19.6 Å². The number of nitrogens with zero attached hydrogens (tertiary/aromatic N) is 5. The molecule has 2 aromatic heterocycles. The maximum absolute atomic E-state index is 10.8. The van der Waals surface area contributed by atoms with E-state index in [2.05, 4.69) is 20.3 Å². The Kier molecular flexibility index (Phi) is 6.19. The molecule has 11 nitrogen and oxygen atoms in total. The average molecular weight is 391 g/mol. The number of aliphatic hydroxyl groups excluding tert-OH is 2. The van der Waals surface area contributed by atoms with E-state index in [1.807, 2.05) is 24.1 Å². The molecule has 0 unspecified atom stereocenters. The number of fused-ring (bicyclic) bond motifs is 1. The minimum absolute atomic E-state index is 0.0837. The molecule has 28 heavy (non-hydrogen) atoms.